The predicted octanol–water partition coefficient (Wildman–Crippen LogP) is 3.15. The molecule has 7 heteroatoms. The van der Waals surface area contributed by atoms with Gasteiger partial charge in [0.1, 0.15) is 5.69 Å². The molecule has 0 saturated carbocycles. The normalized spacial score (nSPS) is 19.9. The van der Waals surface area contributed by atoms with Gasteiger partial charge in [-0.1, -0.05) is 42.5 Å². The Bertz CT molecular complexity index is 1270. The minimum Gasteiger partial charge on any atom is -0.365 e. The van der Waals surface area contributed by atoms with Crippen molar-refractivity contribution in [3.8, 4) is 0 Å². The van der Waals surface area contributed by atoms with E-state index in [1.165, 1.54) is 11.1 Å². The number of rotatable bonds is 3. The van der Waals surface area contributed by atoms with Crippen LogP contribution in [0.3, 0.4) is 0 Å². The number of nitrogens with zero attached hydrogens (tertiary/aromatic N) is 3. The van der Waals surface area contributed by atoms with Gasteiger partial charge in [-0.25, -0.2) is 0 Å². The van der Waals surface area contributed by atoms with Crippen molar-refractivity contribution in [2.75, 3.05) is 46.3 Å². The molecule has 1 N–H and O–H groups in total. The zero-order valence-electron chi connectivity index (χ0n) is 20.3. The second-order valence-electron chi connectivity index (χ2n) is 10.2. The molecule has 3 aliphatic heterocycles. The van der Waals surface area contributed by atoms with Crippen LogP contribution in [-0.4, -0.2) is 77.8 Å². The van der Waals surface area contributed by atoms with Gasteiger partial charge >= 0.3 is 0 Å². The number of benzene rings is 2. The molecule has 4 heterocycles. The van der Waals surface area contributed by atoms with E-state index < -0.39 is 0 Å². The van der Waals surface area contributed by atoms with Gasteiger partial charge in [0.25, 0.3) is 5.91 Å². The third-order valence-electron chi connectivity index (χ3n) is 8.04. The highest BCUT2D eigenvalue weighted by Crippen LogP contribution is 2.44. The summed E-state index contributed by atoms with van der Waals surface area (Å²) in [5.41, 5.74) is 4.71. The maximum atomic E-state index is 13.4. The number of likely N-dealkylation sites (tertiary alicyclic amines) is 1. The third-order valence-corrected chi connectivity index (χ3v) is 8.04. The van der Waals surface area contributed by atoms with Crippen LogP contribution >= 0.6 is 0 Å². The molecule has 2 fully saturated rings. The molecule has 1 aromatic heterocycles. The number of hydrogen-bond acceptors (Lipinski definition) is 4. The molecule has 35 heavy (non-hydrogen) atoms. The second-order valence-corrected chi connectivity index (χ2v) is 10.2. The molecular weight excluding hydrogens is 440 g/mol. The minimum atomic E-state index is -0.259. The summed E-state index contributed by atoms with van der Waals surface area (Å²) >= 11 is 0. The fraction of sp³-hybridized carbons (Fsp3) is 0.429. The summed E-state index contributed by atoms with van der Waals surface area (Å²) in [5.74, 6) is 0.157. The largest absolute Gasteiger partial charge is 0.365 e. The first-order valence-electron chi connectivity index (χ1n) is 12.6. The highest BCUT2D eigenvalue weighted by atomic mass is 16.5. The highest BCUT2D eigenvalue weighted by molar-refractivity contribution is 5.99. The van der Waals surface area contributed by atoms with Crippen LogP contribution in [0.2, 0.25) is 0 Å². The average molecular weight is 473 g/mol. The standard InChI is InChI=1S/C28H32N4O3/c1-30-13-15-31(16-14-30)25(33)18-21-7-4-6-20-17-24(29-26(20)21)27(34)32-11-9-28(10-12-32)23-8-3-2-5-22(23)19-35-28/h2-8,17,29H,9-16,18-19H2,1H3. The first-order valence-corrected chi connectivity index (χ1v) is 12.6. The smallest absolute Gasteiger partial charge is 0.270 e. The molecule has 0 unspecified atom stereocenters. The Kier molecular flexibility index (Phi) is 5.61. The molecule has 0 bridgehead atoms. The highest BCUT2D eigenvalue weighted by Gasteiger charge is 2.43. The van der Waals surface area contributed by atoms with Crippen molar-refractivity contribution in [3.63, 3.8) is 0 Å². The van der Waals surface area contributed by atoms with Crippen LogP contribution in [0.5, 0.6) is 0 Å². The average Bonchev–Trinajstić information content (AvgIpc) is 3.48. The van der Waals surface area contributed by atoms with Crippen molar-refractivity contribution in [1.82, 2.24) is 19.7 Å². The molecule has 6 rings (SSSR count). The first kappa shape index (κ1) is 22.3. The van der Waals surface area contributed by atoms with Gasteiger partial charge in [-0.2, -0.15) is 0 Å². The van der Waals surface area contributed by atoms with Crippen molar-refractivity contribution in [1.29, 1.82) is 0 Å². The monoisotopic (exact) mass is 472 g/mol. The number of aromatic nitrogens is 1. The minimum absolute atomic E-state index is 0.0127. The number of H-pyrrole nitrogens is 1. The van der Waals surface area contributed by atoms with Gasteiger partial charge in [0.15, 0.2) is 0 Å². The third kappa shape index (κ3) is 4.02. The van der Waals surface area contributed by atoms with Crippen molar-refractivity contribution in [2.45, 2.75) is 31.5 Å². The maximum Gasteiger partial charge on any atom is 0.270 e. The van der Waals surface area contributed by atoms with Gasteiger partial charge in [-0.05, 0) is 42.6 Å². The molecule has 0 radical (unpaired) electrons. The van der Waals surface area contributed by atoms with E-state index >= 15 is 0 Å². The summed E-state index contributed by atoms with van der Waals surface area (Å²) in [7, 11) is 2.09. The Morgan fingerprint density at radius 1 is 0.943 bits per heavy atom. The van der Waals surface area contributed by atoms with Gasteiger partial charge in [0.05, 0.1) is 18.6 Å². The maximum absolute atomic E-state index is 13.4. The number of hydrogen-bond donors (Lipinski definition) is 1. The topological polar surface area (TPSA) is 68.9 Å². The summed E-state index contributed by atoms with van der Waals surface area (Å²) in [6.07, 6.45) is 1.96. The van der Waals surface area contributed by atoms with E-state index in [0.29, 0.717) is 31.8 Å². The molecule has 1 spiro atoms. The Balaban J connectivity index is 1.16. The Morgan fingerprint density at radius 3 is 2.51 bits per heavy atom. The summed E-state index contributed by atoms with van der Waals surface area (Å²) < 4.78 is 6.26. The van der Waals surface area contributed by atoms with Gasteiger partial charge in [-0.15, -0.1) is 0 Å². The van der Waals surface area contributed by atoms with Crippen LogP contribution in [0.1, 0.15) is 40.0 Å². The van der Waals surface area contributed by atoms with E-state index in [4.69, 9.17) is 4.74 Å². The summed E-state index contributed by atoms with van der Waals surface area (Å²) in [6.45, 7) is 5.33. The van der Waals surface area contributed by atoms with Gasteiger partial charge in [-0.3, -0.25) is 9.59 Å². The zero-order chi connectivity index (χ0) is 24.0. The van der Waals surface area contributed by atoms with Gasteiger partial charge < -0.3 is 24.4 Å². The van der Waals surface area contributed by atoms with Gasteiger partial charge in [0, 0.05) is 50.2 Å². The molecule has 0 atom stereocenters. The number of carbonyl (C=O) groups excluding carboxylic acids is 2. The summed E-state index contributed by atoms with van der Waals surface area (Å²) in [5, 5.41) is 0.971. The second kappa shape index (κ2) is 8.81. The number of nitrogens with one attached hydrogen (secondary N) is 1. The lowest BCUT2D eigenvalue weighted by Crippen LogP contribution is -2.47. The van der Waals surface area contributed by atoms with E-state index in [-0.39, 0.29) is 17.4 Å². The van der Waals surface area contributed by atoms with Crippen molar-refractivity contribution in [3.05, 3.63) is 70.9 Å². The Hall–Kier alpha value is -3.16. The number of piperidine rings is 1. The number of ether oxygens (including phenoxy) is 1. The van der Waals surface area contributed by atoms with Crippen LogP contribution in [0.4, 0.5) is 0 Å². The van der Waals surface area contributed by atoms with Crippen LogP contribution in [0.15, 0.2) is 48.5 Å². The molecule has 182 valence electrons. The molecular formula is C28H32N4O3. The van der Waals surface area contributed by atoms with E-state index in [1.807, 2.05) is 34.1 Å². The molecule has 3 aliphatic rings. The fourth-order valence-corrected chi connectivity index (χ4v) is 5.85. The van der Waals surface area contributed by atoms with Crippen LogP contribution in [0.25, 0.3) is 10.9 Å². The molecule has 0 aliphatic carbocycles. The molecule has 2 aromatic carbocycles. The lowest BCUT2D eigenvalue weighted by atomic mass is 9.84. The number of amides is 2. The van der Waals surface area contributed by atoms with Gasteiger partial charge in [0.2, 0.25) is 5.91 Å². The molecule has 2 amide bonds. The lowest BCUT2D eigenvalue weighted by Gasteiger charge is -2.39. The molecule has 7 nitrogen and oxygen atoms in total. The SMILES string of the molecule is CN1CCN(C(=O)Cc2cccc3cc(C(=O)N4CCC5(CC4)OCc4ccccc45)[nH]c23)CC1. The number of likely N-dealkylation sites (N-methyl/N-ethyl adjacent to an activating group) is 1. The lowest BCUT2D eigenvalue weighted by molar-refractivity contribution is -0.132. The molecule has 2 saturated heterocycles. The quantitative estimate of drug-likeness (QED) is 0.636. The summed E-state index contributed by atoms with van der Waals surface area (Å²) in [6, 6.07) is 16.3. The Labute approximate surface area is 205 Å². The first-order chi connectivity index (χ1) is 17.0. The zero-order valence-corrected chi connectivity index (χ0v) is 20.3. The van der Waals surface area contributed by atoms with Crippen molar-refractivity contribution < 1.29 is 14.3 Å². The number of aromatic amines is 1. The number of para-hydroxylation sites is 1. The Morgan fingerprint density at radius 2 is 1.71 bits per heavy atom. The summed E-state index contributed by atoms with van der Waals surface area (Å²) in [4.78, 5) is 35.8. The number of carbonyl (C=O) groups is 2. The van der Waals surface area contributed by atoms with E-state index in [0.717, 1.165) is 55.5 Å². The van der Waals surface area contributed by atoms with Crippen LogP contribution in [-0.2, 0) is 28.2 Å². The van der Waals surface area contributed by atoms with E-state index in [2.05, 4.69) is 41.2 Å². The molecule has 3 aromatic rings. The number of fused-ring (bicyclic) bond motifs is 3. The van der Waals surface area contributed by atoms with Crippen LogP contribution < -0.4 is 0 Å². The van der Waals surface area contributed by atoms with Crippen molar-refractivity contribution >= 4 is 22.7 Å². The predicted molar refractivity (Wildman–Crippen MR) is 134 cm³/mol. The van der Waals surface area contributed by atoms with Crippen LogP contribution in [0, 0.1) is 0 Å². The fourth-order valence-electron chi connectivity index (χ4n) is 5.85. The van der Waals surface area contributed by atoms with E-state index in [1.54, 1.807) is 0 Å². The van der Waals surface area contributed by atoms with E-state index in [9.17, 15) is 9.59 Å². The van der Waals surface area contributed by atoms with Crippen molar-refractivity contribution in [2.24, 2.45) is 0 Å². The number of piperazine rings is 1.